The molecule has 0 bridgehead atoms. The zero-order valence-electron chi connectivity index (χ0n) is 32.6. The number of alkyl carbamates (subject to hydrolysis) is 1. The van der Waals surface area contributed by atoms with Crippen molar-refractivity contribution in [2.45, 2.75) is 120 Å². The average Bonchev–Trinajstić information content (AvgIpc) is 3.62. The molecule has 0 spiro atoms. The molecule has 58 heavy (non-hydrogen) atoms. The van der Waals surface area contributed by atoms with E-state index in [9.17, 15) is 29.1 Å². The highest BCUT2D eigenvalue weighted by atomic mass is 79.9. The van der Waals surface area contributed by atoms with Gasteiger partial charge in [-0.1, -0.05) is 31.9 Å². The summed E-state index contributed by atoms with van der Waals surface area (Å²) in [7, 11) is 1.55. The molecule has 4 amide bonds. The maximum Gasteiger partial charge on any atom is 0.408 e. The van der Waals surface area contributed by atoms with Gasteiger partial charge in [-0.15, -0.1) is 11.3 Å². The lowest BCUT2D eigenvalue weighted by molar-refractivity contribution is -0.145. The number of carbonyl (C=O) groups is 5. The lowest BCUT2D eigenvalue weighted by Crippen LogP contribution is -2.56. The number of carbonyl (C=O) groups excluding carboxylic acids is 4. The van der Waals surface area contributed by atoms with Crippen LogP contribution in [0.25, 0.3) is 22.3 Å². The van der Waals surface area contributed by atoms with Crippen molar-refractivity contribution in [3.63, 3.8) is 0 Å². The summed E-state index contributed by atoms with van der Waals surface area (Å²) in [6.07, 6.45) is 10.4. The molecule has 3 aromatic rings. The molecular formula is C41H49BrN6O9S. The number of allylic oxidation sites excluding steroid dienone is 1. The van der Waals surface area contributed by atoms with Crippen molar-refractivity contribution < 1.29 is 43.3 Å². The van der Waals surface area contributed by atoms with Gasteiger partial charge in [-0.2, -0.15) is 0 Å². The molecular weight excluding hydrogens is 832 g/mol. The molecule has 5 atom stereocenters. The number of carboxylic acids is 1. The highest BCUT2D eigenvalue weighted by Gasteiger charge is 2.61. The van der Waals surface area contributed by atoms with Crippen LogP contribution in [-0.4, -0.2) is 93.2 Å². The standard InChI is InChI=1S/C41H49BrN6O9S/c1-3-11-33(49)46-39-44-29(22-58-39)28-19-32(26-16-17-31(55-2)34(42)35(26)43-28)56-25-18-30-36(50)47-41(38(52)53)20-23(41)12-7-5-4-6-8-15-27(37(51)48(30)21-25)45-40(54)57-24-13-9-10-14-24/h7,12,16-17,19,22-25,27,30H,3-6,8-11,13-15,18,20-21H2,1-2H3,(H,45,54)(H,47,50)(H,52,53)(H,44,46,49)/b12-7-/t23-,25+,27+,30-,41+/m0/s1. The first kappa shape index (κ1) is 41.4. The van der Waals surface area contributed by atoms with Crippen molar-refractivity contribution in [2.24, 2.45) is 5.92 Å². The van der Waals surface area contributed by atoms with Crippen LogP contribution >= 0.6 is 27.3 Å². The van der Waals surface area contributed by atoms with Crippen LogP contribution in [0.3, 0.4) is 0 Å². The second kappa shape index (κ2) is 18.0. The van der Waals surface area contributed by atoms with Gasteiger partial charge in [-0.3, -0.25) is 14.4 Å². The number of halogens is 1. The number of aliphatic carboxylic acids is 1. The first-order chi connectivity index (χ1) is 28.0. The summed E-state index contributed by atoms with van der Waals surface area (Å²) >= 11 is 4.90. The van der Waals surface area contributed by atoms with Crippen LogP contribution in [0.1, 0.15) is 90.4 Å². The van der Waals surface area contributed by atoms with E-state index in [0.717, 1.165) is 44.9 Å². The predicted octanol–water partition coefficient (Wildman–Crippen LogP) is 6.73. The number of aromatic nitrogens is 2. The monoisotopic (exact) mass is 880 g/mol. The Balaban J connectivity index is 1.21. The fraction of sp³-hybridized carbons (Fsp3) is 0.537. The number of rotatable bonds is 10. The van der Waals surface area contributed by atoms with Crippen molar-refractivity contribution >= 4 is 73.1 Å². The van der Waals surface area contributed by atoms with Gasteiger partial charge in [0.15, 0.2) is 5.13 Å². The van der Waals surface area contributed by atoms with Crippen molar-refractivity contribution in [2.75, 3.05) is 19.0 Å². The van der Waals surface area contributed by atoms with Crippen LogP contribution in [0.2, 0.25) is 0 Å². The Kier molecular flexibility index (Phi) is 12.9. The Morgan fingerprint density at radius 2 is 1.84 bits per heavy atom. The van der Waals surface area contributed by atoms with Gasteiger partial charge in [0.25, 0.3) is 0 Å². The number of pyridine rings is 1. The predicted molar refractivity (Wildman–Crippen MR) is 220 cm³/mol. The molecule has 1 aromatic carbocycles. The number of thiazole rings is 1. The fourth-order valence-corrected chi connectivity index (χ4v) is 9.43. The van der Waals surface area contributed by atoms with Gasteiger partial charge in [0.1, 0.15) is 47.0 Å². The van der Waals surface area contributed by atoms with Gasteiger partial charge < -0.3 is 40.2 Å². The van der Waals surface area contributed by atoms with E-state index < -0.39 is 47.6 Å². The molecule has 2 aromatic heterocycles. The van der Waals surface area contributed by atoms with Crippen molar-refractivity contribution in [3.05, 3.63) is 40.2 Å². The number of benzene rings is 1. The third-order valence-electron chi connectivity index (χ3n) is 11.3. The van der Waals surface area contributed by atoms with Crippen LogP contribution in [0.15, 0.2) is 40.2 Å². The van der Waals surface area contributed by atoms with Crippen LogP contribution < -0.4 is 25.4 Å². The van der Waals surface area contributed by atoms with Gasteiger partial charge in [-0.05, 0) is 85.9 Å². The first-order valence-electron chi connectivity index (χ1n) is 20.1. The Bertz CT molecular complexity index is 2090. The zero-order chi connectivity index (χ0) is 41.0. The van der Waals surface area contributed by atoms with E-state index in [1.165, 1.54) is 16.2 Å². The van der Waals surface area contributed by atoms with E-state index in [1.807, 2.05) is 25.1 Å². The van der Waals surface area contributed by atoms with Crippen molar-refractivity contribution in [3.8, 4) is 22.9 Å². The summed E-state index contributed by atoms with van der Waals surface area (Å²) in [6.45, 7) is 1.91. The van der Waals surface area contributed by atoms with Gasteiger partial charge >= 0.3 is 12.1 Å². The third-order valence-corrected chi connectivity index (χ3v) is 12.9. The summed E-state index contributed by atoms with van der Waals surface area (Å²) in [6, 6.07) is 3.25. The molecule has 7 rings (SSSR count). The molecule has 4 heterocycles. The number of fused-ring (bicyclic) bond motifs is 3. The highest BCUT2D eigenvalue weighted by molar-refractivity contribution is 9.10. The maximum absolute atomic E-state index is 14.6. The Hall–Kier alpha value is -4.77. The zero-order valence-corrected chi connectivity index (χ0v) is 35.0. The quantitative estimate of drug-likeness (QED) is 0.158. The number of ether oxygens (including phenoxy) is 3. The SMILES string of the molecule is CCCC(=O)Nc1nc(-c2cc(O[C@@H]3C[C@H]4C(=O)N[C@]5(C(=O)O)C[C@@H]5/C=C\CCCCC[C@@H](NC(=O)OC5CCCC5)C(=O)N4C3)c3ccc(OC)c(Br)c3n2)cs1. The van der Waals surface area contributed by atoms with Crippen molar-refractivity contribution in [1.82, 2.24) is 25.5 Å². The third kappa shape index (κ3) is 9.09. The van der Waals surface area contributed by atoms with E-state index >= 15 is 0 Å². The number of nitrogens with one attached hydrogen (secondary N) is 3. The molecule has 0 radical (unpaired) electrons. The van der Waals surface area contributed by atoms with Gasteiger partial charge in [0, 0.05) is 35.6 Å². The van der Waals surface area contributed by atoms with E-state index in [-0.39, 0.29) is 37.3 Å². The lowest BCUT2D eigenvalue weighted by Gasteiger charge is -2.29. The highest BCUT2D eigenvalue weighted by Crippen LogP contribution is 2.46. The van der Waals surface area contributed by atoms with Gasteiger partial charge in [-0.25, -0.2) is 19.6 Å². The molecule has 4 aliphatic rings. The number of nitrogens with zero attached hydrogens (tertiary/aromatic N) is 3. The van der Waals surface area contributed by atoms with E-state index in [0.29, 0.717) is 69.1 Å². The molecule has 2 saturated carbocycles. The Labute approximate surface area is 348 Å². The number of amides is 4. The van der Waals surface area contributed by atoms with Crippen LogP contribution in [0, 0.1) is 5.92 Å². The summed E-state index contributed by atoms with van der Waals surface area (Å²) < 4.78 is 18.5. The molecule has 17 heteroatoms. The van der Waals surface area contributed by atoms with Gasteiger partial charge in [0.2, 0.25) is 17.7 Å². The number of anilines is 1. The number of hydrogen-bond acceptors (Lipinski definition) is 11. The molecule has 4 N–H and O–H groups in total. The van der Waals surface area contributed by atoms with E-state index in [4.69, 9.17) is 19.2 Å². The largest absolute Gasteiger partial charge is 0.495 e. The molecule has 15 nitrogen and oxygen atoms in total. The van der Waals surface area contributed by atoms with Gasteiger partial charge in [0.05, 0.1) is 29.3 Å². The maximum atomic E-state index is 14.6. The van der Waals surface area contributed by atoms with Crippen molar-refractivity contribution in [1.29, 1.82) is 0 Å². The minimum Gasteiger partial charge on any atom is -0.495 e. The average molecular weight is 882 g/mol. The molecule has 3 fully saturated rings. The summed E-state index contributed by atoms with van der Waals surface area (Å²) in [5.74, 6) is -1.78. The fourth-order valence-electron chi connectivity index (χ4n) is 8.11. The topological polar surface area (TPSA) is 198 Å². The molecule has 0 unspecified atom stereocenters. The number of carboxylic acid groups (broad SMARTS) is 1. The molecule has 2 aliphatic carbocycles. The van der Waals surface area contributed by atoms with Crippen LogP contribution in [0.4, 0.5) is 9.93 Å². The second-order valence-corrected chi connectivity index (χ2v) is 17.1. The summed E-state index contributed by atoms with van der Waals surface area (Å²) in [5, 5.41) is 21.6. The molecule has 310 valence electrons. The smallest absolute Gasteiger partial charge is 0.408 e. The normalized spacial score (nSPS) is 25.7. The van der Waals surface area contributed by atoms with E-state index in [2.05, 4.69) is 36.9 Å². The number of methoxy groups -OCH3 is 1. The molecule has 1 saturated heterocycles. The van der Waals surface area contributed by atoms with Crippen LogP contribution in [0.5, 0.6) is 11.5 Å². The second-order valence-electron chi connectivity index (χ2n) is 15.5. The minimum atomic E-state index is -1.48. The summed E-state index contributed by atoms with van der Waals surface area (Å²) in [4.78, 5) is 77.8. The van der Waals surface area contributed by atoms with Crippen LogP contribution in [-0.2, 0) is 23.9 Å². The Morgan fingerprint density at radius 3 is 2.60 bits per heavy atom. The summed E-state index contributed by atoms with van der Waals surface area (Å²) in [5.41, 5.74) is -0.0167. The van der Waals surface area contributed by atoms with E-state index in [1.54, 1.807) is 24.6 Å². The Morgan fingerprint density at radius 1 is 1.05 bits per heavy atom. The lowest BCUT2D eigenvalue weighted by atomic mass is 10.0. The first-order valence-corrected chi connectivity index (χ1v) is 21.8. The minimum absolute atomic E-state index is 0.0169. The number of hydrogen-bond donors (Lipinski definition) is 4. The molecule has 2 aliphatic heterocycles.